The molecule has 0 N–H and O–H groups in total. The van der Waals surface area contributed by atoms with Gasteiger partial charge < -0.3 is 4.57 Å². The van der Waals surface area contributed by atoms with Crippen LogP contribution in [-0.4, -0.2) is 19.5 Å². The standard InChI is InChI=1S/C53H42N4/c1-52(2)27-28-53(3,4)46-32-48-43(31-45(46)52)41-24-11-12-26-47(41)57(48)36-19-13-18-35(29-36)49-54-50(42-25-14-17-33-15-5-7-20-37(33)42)56-51(55-49)44-30-34-16-6-8-21-38(34)39-22-9-10-23-40(39)44/h5-26,29-32H,27-28H2,1-4H3. The van der Waals surface area contributed by atoms with Gasteiger partial charge in [0.1, 0.15) is 0 Å². The van der Waals surface area contributed by atoms with E-state index in [1.165, 1.54) is 56.5 Å². The Bertz CT molecular complexity index is 3250. The summed E-state index contributed by atoms with van der Waals surface area (Å²) in [4.78, 5) is 15.9. The van der Waals surface area contributed by atoms with Gasteiger partial charge in [0, 0.05) is 33.2 Å². The van der Waals surface area contributed by atoms with Crippen LogP contribution in [0, 0.1) is 0 Å². The van der Waals surface area contributed by atoms with E-state index in [9.17, 15) is 0 Å². The van der Waals surface area contributed by atoms with Gasteiger partial charge in [-0.05, 0) is 104 Å². The summed E-state index contributed by atoms with van der Waals surface area (Å²) in [6, 6.07) is 56.8. The van der Waals surface area contributed by atoms with E-state index in [4.69, 9.17) is 15.0 Å². The molecular formula is C53H42N4. The van der Waals surface area contributed by atoms with Gasteiger partial charge in [0.15, 0.2) is 17.5 Å². The summed E-state index contributed by atoms with van der Waals surface area (Å²) >= 11 is 0. The summed E-state index contributed by atoms with van der Waals surface area (Å²) in [6.45, 7) is 9.63. The van der Waals surface area contributed by atoms with Crippen molar-refractivity contribution in [2.24, 2.45) is 0 Å². The van der Waals surface area contributed by atoms with Crippen LogP contribution in [0.3, 0.4) is 0 Å². The monoisotopic (exact) mass is 734 g/mol. The third kappa shape index (κ3) is 5.31. The van der Waals surface area contributed by atoms with Crippen LogP contribution in [-0.2, 0) is 10.8 Å². The van der Waals surface area contributed by atoms with Crippen LogP contribution in [0.15, 0.2) is 158 Å². The third-order valence-electron chi connectivity index (χ3n) is 12.7. The molecule has 2 heterocycles. The zero-order valence-corrected chi connectivity index (χ0v) is 32.7. The highest BCUT2D eigenvalue weighted by atomic mass is 15.0. The van der Waals surface area contributed by atoms with Crippen LogP contribution in [0.2, 0.25) is 0 Å². The highest BCUT2D eigenvalue weighted by Gasteiger charge is 2.38. The lowest BCUT2D eigenvalue weighted by Gasteiger charge is -2.42. The summed E-state index contributed by atoms with van der Waals surface area (Å²) in [7, 11) is 0. The van der Waals surface area contributed by atoms with Crippen LogP contribution >= 0.6 is 0 Å². The predicted molar refractivity (Wildman–Crippen MR) is 238 cm³/mol. The summed E-state index contributed by atoms with van der Waals surface area (Å²) in [5.74, 6) is 1.95. The summed E-state index contributed by atoms with van der Waals surface area (Å²) in [5.41, 5.74) is 9.56. The minimum Gasteiger partial charge on any atom is -0.309 e. The van der Waals surface area contributed by atoms with E-state index >= 15 is 0 Å². The number of hydrogen-bond acceptors (Lipinski definition) is 3. The lowest BCUT2D eigenvalue weighted by Crippen LogP contribution is -2.33. The van der Waals surface area contributed by atoms with E-state index in [-0.39, 0.29) is 10.8 Å². The lowest BCUT2D eigenvalue weighted by atomic mass is 9.63. The second-order valence-corrected chi connectivity index (χ2v) is 17.1. The van der Waals surface area contributed by atoms with Gasteiger partial charge in [0.05, 0.1) is 11.0 Å². The molecule has 4 nitrogen and oxygen atoms in total. The van der Waals surface area contributed by atoms with Crippen molar-refractivity contribution in [1.82, 2.24) is 19.5 Å². The van der Waals surface area contributed by atoms with Crippen LogP contribution in [0.25, 0.3) is 94.0 Å². The van der Waals surface area contributed by atoms with Gasteiger partial charge in [-0.1, -0.05) is 149 Å². The van der Waals surface area contributed by atoms with E-state index < -0.39 is 0 Å². The van der Waals surface area contributed by atoms with Crippen LogP contribution in [0.4, 0.5) is 0 Å². The zero-order chi connectivity index (χ0) is 38.5. The van der Waals surface area contributed by atoms with E-state index in [0.29, 0.717) is 17.5 Å². The van der Waals surface area contributed by atoms with E-state index in [1.807, 2.05) is 0 Å². The van der Waals surface area contributed by atoms with Crippen molar-refractivity contribution in [2.75, 3.05) is 0 Å². The molecule has 274 valence electrons. The largest absolute Gasteiger partial charge is 0.309 e. The average molecular weight is 735 g/mol. The highest BCUT2D eigenvalue weighted by Crippen LogP contribution is 2.48. The lowest BCUT2D eigenvalue weighted by molar-refractivity contribution is 0.332. The molecule has 1 aliphatic rings. The number of rotatable bonds is 4. The van der Waals surface area contributed by atoms with Crippen molar-refractivity contribution in [1.29, 1.82) is 0 Å². The smallest absolute Gasteiger partial charge is 0.164 e. The highest BCUT2D eigenvalue weighted by molar-refractivity contribution is 6.13. The Labute approximate surface area is 332 Å². The predicted octanol–water partition coefficient (Wildman–Crippen LogP) is 13.8. The van der Waals surface area contributed by atoms with Gasteiger partial charge in [0.2, 0.25) is 0 Å². The minimum atomic E-state index is 0.0917. The molecule has 0 aliphatic heterocycles. The van der Waals surface area contributed by atoms with Crippen molar-refractivity contribution < 1.29 is 0 Å². The summed E-state index contributed by atoms with van der Waals surface area (Å²) < 4.78 is 2.44. The fourth-order valence-corrected chi connectivity index (χ4v) is 9.50. The molecule has 1 aliphatic carbocycles. The normalized spacial score (nSPS) is 14.8. The first kappa shape index (κ1) is 33.7. The minimum absolute atomic E-state index is 0.0917. The number of benzene rings is 8. The maximum absolute atomic E-state index is 5.34. The molecule has 0 radical (unpaired) electrons. The van der Waals surface area contributed by atoms with Gasteiger partial charge in [-0.25, -0.2) is 15.0 Å². The number of nitrogens with zero attached hydrogens (tertiary/aromatic N) is 4. The Morgan fingerprint density at radius 1 is 0.404 bits per heavy atom. The first-order chi connectivity index (χ1) is 27.7. The molecule has 0 unspecified atom stereocenters. The average Bonchev–Trinajstić information content (AvgIpc) is 3.58. The first-order valence-electron chi connectivity index (χ1n) is 20.1. The number of hydrogen-bond donors (Lipinski definition) is 0. The maximum atomic E-state index is 5.34. The number of para-hydroxylation sites is 1. The zero-order valence-electron chi connectivity index (χ0n) is 32.7. The van der Waals surface area contributed by atoms with E-state index in [0.717, 1.165) is 43.9 Å². The van der Waals surface area contributed by atoms with Crippen LogP contribution in [0.5, 0.6) is 0 Å². The molecule has 0 bridgehead atoms. The fourth-order valence-electron chi connectivity index (χ4n) is 9.50. The number of fused-ring (bicyclic) bond motifs is 8. The third-order valence-corrected chi connectivity index (χ3v) is 12.7. The fraction of sp³-hybridized carbons (Fsp3) is 0.151. The first-order valence-corrected chi connectivity index (χ1v) is 20.1. The van der Waals surface area contributed by atoms with Crippen molar-refractivity contribution in [3.05, 3.63) is 169 Å². The molecule has 0 atom stereocenters. The van der Waals surface area contributed by atoms with Crippen LogP contribution < -0.4 is 0 Å². The molecule has 11 rings (SSSR count). The van der Waals surface area contributed by atoms with Crippen molar-refractivity contribution in [2.45, 2.75) is 51.4 Å². The molecular weight excluding hydrogens is 693 g/mol. The SMILES string of the molecule is CC1(C)CCC(C)(C)c2cc3c(cc21)c1ccccc1n3-c1cccc(-c2nc(-c3cccc4ccccc34)nc(-c3cc4ccccc4c4ccccc34)n2)c1. The molecule has 0 saturated carbocycles. The quantitative estimate of drug-likeness (QED) is 0.169. The Kier molecular flexibility index (Phi) is 7.34. The molecule has 10 aromatic rings. The second-order valence-electron chi connectivity index (χ2n) is 17.1. The van der Waals surface area contributed by atoms with Crippen molar-refractivity contribution in [3.63, 3.8) is 0 Å². The molecule has 0 fully saturated rings. The van der Waals surface area contributed by atoms with Gasteiger partial charge in [-0.3, -0.25) is 0 Å². The van der Waals surface area contributed by atoms with E-state index in [1.54, 1.807) is 0 Å². The molecule has 57 heavy (non-hydrogen) atoms. The Balaban J connectivity index is 1.16. The maximum Gasteiger partial charge on any atom is 0.164 e. The van der Waals surface area contributed by atoms with Gasteiger partial charge in [0.25, 0.3) is 0 Å². The Morgan fingerprint density at radius 2 is 0.982 bits per heavy atom. The van der Waals surface area contributed by atoms with Gasteiger partial charge in [-0.15, -0.1) is 0 Å². The van der Waals surface area contributed by atoms with E-state index in [2.05, 4.69) is 190 Å². The molecule has 0 saturated heterocycles. The van der Waals surface area contributed by atoms with Crippen molar-refractivity contribution >= 4 is 54.1 Å². The van der Waals surface area contributed by atoms with Crippen molar-refractivity contribution in [3.8, 4) is 39.9 Å². The van der Waals surface area contributed by atoms with Gasteiger partial charge in [-0.2, -0.15) is 0 Å². The molecule has 8 aromatic carbocycles. The molecule has 0 spiro atoms. The van der Waals surface area contributed by atoms with Gasteiger partial charge >= 0.3 is 0 Å². The topological polar surface area (TPSA) is 43.6 Å². The Hall–Kier alpha value is -6.65. The molecule has 0 amide bonds. The van der Waals surface area contributed by atoms with Crippen LogP contribution in [0.1, 0.15) is 51.7 Å². The molecule has 4 heteroatoms. The summed E-state index contributed by atoms with van der Waals surface area (Å²) in [5, 5.41) is 9.49. The molecule has 2 aromatic heterocycles. The Morgan fingerprint density at radius 3 is 1.77 bits per heavy atom. The second kappa shape index (κ2) is 12.4. The number of aromatic nitrogens is 4. The summed E-state index contributed by atoms with van der Waals surface area (Å²) in [6.07, 6.45) is 2.35.